The summed E-state index contributed by atoms with van der Waals surface area (Å²) in [5.41, 5.74) is 2.80. The van der Waals surface area contributed by atoms with Crippen LogP contribution < -0.4 is 5.32 Å². The summed E-state index contributed by atoms with van der Waals surface area (Å²) in [6, 6.07) is 8.58. The fourth-order valence-corrected chi connectivity index (χ4v) is 1.91. The van der Waals surface area contributed by atoms with E-state index in [4.69, 9.17) is 5.26 Å². The van der Waals surface area contributed by atoms with Crippen LogP contribution in [0.5, 0.6) is 0 Å². The normalized spacial score (nSPS) is 12.2. The van der Waals surface area contributed by atoms with Gasteiger partial charge in [-0.2, -0.15) is 5.26 Å². The smallest absolute Gasteiger partial charge is 0.101 e. The summed E-state index contributed by atoms with van der Waals surface area (Å²) in [4.78, 5) is 0. The molecule has 1 aromatic rings. The zero-order chi connectivity index (χ0) is 12.1. The van der Waals surface area contributed by atoms with Gasteiger partial charge in [-0.05, 0) is 43.9 Å². The third-order valence-electron chi connectivity index (χ3n) is 2.52. The molecule has 0 saturated carbocycles. The highest BCUT2D eigenvalue weighted by atomic mass is 14.9. The third kappa shape index (κ3) is 3.58. The van der Waals surface area contributed by atoms with E-state index in [9.17, 15) is 0 Å². The van der Waals surface area contributed by atoms with Crippen LogP contribution in [0.4, 0.5) is 5.69 Å². The molecule has 0 amide bonds. The summed E-state index contributed by atoms with van der Waals surface area (Å²) in [5.74, 6) is 0.665. The molecule has 0 aliphatic heterocycles. The largest absolute Gasteiger partial charge is 0.382 e. The van der Waals surface area contributed by atoms with Crippen LogP contribution >= 0.6 is 0 Å². The van der Waals surface area contributed by atoms with Crippen LogP contribution in [0.25, 0.3) is 0 Å². The average molecular weight is 216 g/mol. The number of nitrogens with zero attached hydrogens (tertiary/aromatic N) is 1. The van der Waals surface area contributed by atoms with Crippen molar-refractivity contribution in [1.29, 1.82) is 5.26 Å². The van der Waals surface area contributed by atoms with Crippen LogP contribution in [0.3, 0.4) is 0 Å². The van der Waals surface area contributed by atoms with E-state index in [1.807, 2.05) is 25.1 Å². The standard InChI is InChI=1S/C14H20N2/c1-10(2)7-12(4)16-14-6-5-11(3)8-13(14)9-15/h5-6,8,10,12,16H,7H2,1-4H3. The molecule has 0 aliphatic carbocycles. The van der Waals surface area contributed by atoms with Gasteiger partial charge in [0, 0.05) is 6.04 Å². The lowest BCUT2D eigenvalue weighted by Gasteiger charge is -2.18. The van der Waals surface area contributed by atoms with E-state index in [1.165, 1.54) is 0 Å². The number of aryl methyl sites for hydroxylation is 1. The zero-order valence-corrected chi connectivity index (χ0v) is 10.5. The second-order valence-corrected chi connectivity index (χ2v) is 4.84. The van der Waals surface area contributed by atoms with Gasteiger partial charge in [0.15, 0.2) is 0 Å². The molecule has 0 saturated heterocycles. The quantitative estimate of drug-likeness (QED) is 0.832. The molecule has 1 atom stereocenters. The van der Waals surface area contributed by atoms with E-state index in [0.717, 1.165) is 23.2 Å². The van der Waals surface area contributed by atoms with Crippen molar-refractivity contribution in [2.24, 2.45) is 5.92 Å². The maximum atomic E-state index is 9.05. The van der Waals surface area contributed by atoms with Crippen molar-refractivity contribution in [3.05, 3.63) is 29.3 Å². The van der Waals surface area contributed by atoms with E-state index < -0.39 is 0 Å². The van der Waals surface area contributed by atoms with Crippen LogP contribution in [-0.4, -0.2) is 6.04 Å². The number of hydrogen-bond acceptors (Lipinski definition) is 2. The first-order valence-electron chi connectivity index (χ1n) is 5.80. The van der Waals surface area contributed by atoms with E-state index in [0.29, 0.717) is 12.0 Å². The van der Waals surface area contributed by atoms with Crippen molar-refractivity contribution >= 4 is 5.69 Å². The van der Waals surface area contributed by atoms with Gasteiger partial charge in [0.05, 0.1) is 11.3 Å². The Labute approximate surface area is 98.3 Å². The van der Waals surface area contributed by atoms with E-state index >= 15 is 0 Å². The molecular formula is C14H20N2. The Balaban J connectivity index is 2.77. The fraction of sp³-hybridized carbons (Fsp3) is 0.500. The van der Waals surface area contributed by atoms with Gasteiger partial charge in [0.2, 0.25) is 0 Å². The Kier molecular flexibility index (Phi) is 4.37. The lowest BCUT2D eigenvalue weighted by molar-refractivity contribution is 0.540. The minimum atomic E-state index is 0.398. The van der Waals surface area contributed by atoms with Crippen LogP contribution in [0.1, 0.15) is 38.3 Å². The van der Waals surface area contributed by atoms with Gasteiger partial charge < -0.3 is 5.32 Å². The Bertz CT molecular complexity index is 388. The molecule has 0 radical (unpaired) electrons. The Morgan fingerprint density at radius 2 is 2.00 bits per heavy atom. The SMILES string of the molecule is Cc1ccc(NC(C)CC(C)C)c(C#N)c1. The molecule has 0 aliphatic rings. The predicted molar refractivity (Wildman–Crippen MR) is 68.4 cm³/mol. The van der Waals surface area contributed by atoms with Crippen LogP contribution in [0, 0.1) is 24.2 Å². The summed E-state index contributed by atoms with van der Waals surface area (Å²) < 4.78 is 0. The van der Waals surface area contributed by atoms with Crippen molar-refractivity contribution < 1.29 is 0 Å². The van der Waals surface area contributed by atoms with Crippen molar-refractivity contribution in [3.8, 4) is 6.07 Å². The molecule has 1 N–H and O–H groups in total. The number of anilines is 1. The lowest BCUT2D eigenvalue weighted by atomic mass is 10.0. The van der Waals surface area contributed by atoms with Crippen LogP contribution in [0.2, 0.25) is 0 Å². The first kappa shape index (κ1) is 12.6. The highest BCUT2D eigenvalue weighted by Gasteiger charge is 2.07. The molecule has 1 unspecified atom stereocenters. The lowest BCUT2D eigenvalue weighted by Crippen LogP contribution is -2.18. The predicted octanol–water partition coefficient (Wildman–Crippen LogP) is 3.71. The van der Waals surface area contributed by atoms with Crippen molar-refractivity contribution in [1.82, 2.24) is 0 Å². The van der Waals surface area contributed by atoms with Crippen molar-refractivity contribution in [2.75, 3.05) is 5.32 Å². The first-order chi connectivity index (χ1) is 7.52. The van der Waals surface area contributed by atoms with Crippen molar-refractivity contribution in [2.45, 2.75) is 40.2 Å². The number of nitrogens with one attached hydrogen (secondary N) is 1. The molecule has 0 aromatic heterocycles. The first-order valence-corrected chi connectivity index (χ1v) is 5.80. The van der Waals surface area contributed by atoms with Gasteiger partial charge in [-0.3, -0.25) is 0 Å². The molecule has 1 aromatic carbocycles. The molecule has 0 spiro atoms. The summed E-state index contributed by atoms with van der Waals surface area (Å²) in [6.45, 7) is 8.57. The Morgan fingerprint density at radius 3 is 2.56 bits per heavy atom. The molecule has 0 bridgehead atoms. The highest BCUT2D eigenvalue weighted by Crippen LogP contribution is 2.19. The summed E-state index contributed by atoms with van der Waals surface area (Å²) >= 11 is 0. The second-order valence-electron chi connectivity index (χ2n) is 4.84. The maximum Gasteiger partial charge on any atom is 0.101 e. The monoisotopic (exact) mass is 216 g/mol. The minimum absolute atomic E-state index is 0.398. The second kappa shape index (κ2) is 5.55. The molecule has 2 nitrogen and oxygen atoms in total. The molecule has 86 valence electrons. The minimum Gasteiger partial charge on any atom is -0.382 e. The van der Waals surface area contributed by atoms with E-state index in [2.05, 4.69) is 32.2 Å². The topological polar surface area (TPSA) is 35.8 Å². The van der Waals surface area contributed by atoms with Gasteiger partial charge in [-0.15, -0.1) is 0 Å². The summed E-state index contributed by atoms with van der Waals surface area (Å²) in [7, 11) is 0. The van der Waals surface area contributed by atoms with Crippen LogP contribution in [-0.2, 0) is 0 Å². The number of benzene rings is 1. The summed E-state index contributed by atoms with van der Waals surface area (Å²) in [6.07, 6.45) is 1.11. The molecule has 0 fully saturated rings. The van der Waals surface area contributed by atoms with Gasteiger partial charge in [0.1, 0.15) is 6.07 Å². The Hall–Kier alpha value is -1.49. The fourth-order valence-electron chi connectivity index (χ4n) is 1.91. The van der Waals surface area contributed by atoms with Gasteiger partial charge in [0.25, 0.3) is 0 Å². The molecular weight excluding hydrogens is 196 g/mol. The van der Waals surface area contributed by atoms with Gasteiger partial charge in [-0.1, -0.05) is 19.9 Å². The highest BCUT2D eigenvalue weighted by molar-refractivity contribution is 5.58. The van der Waals surface area contributed by atoms with Crippen LogP contribution in [0.15, 0.2) is 18.2 Å². The zero-order valence-electron chi connectivity index (χ0n) is 10.5. The molecule has 16 heavy (non-hydrogen) atoms. The average Bonchev–Trinajstić information content (AvgIpc) is 2.19. The van der Waals surface area contributed by atoms with Gasteiger partial charge in [-0.25, -0.2) is 0 Å². The van der Waals surface area contributed by atoms with E-state index in [-0.39, 0.29) is 0 Å². The van der Waals surface area contributed by atoms with Gasteiger partial charge >= 0.3 is 0 Å². The number of nitriles is 1. The van der Waals surface area contributed by atoms with Crippen molar-refractivity contribution in [3.63, 3.8) is 0 Å². The molecule has 1 rings (SSSR count). The third-order valence-corrected chi connectivity index (χ3v) is 2.52. The molecule has 2 heteroatoms. The maximum absolute atomic E-state index is 9.05. The summed E-state index contributed by atoms with van der Waals surface area (Å²) in [5, 5.41) is 12.4. The number of rotatable bonds is 4. The molecule has 0 heterocycles. The number of hydrogen-bond donors (Lipinski definition) is 1. The van der Waals surface area contributed by atoms with E-state index in [1.54, 1.807) is 0 Å². The Morgan fingerprint density at radius 1 is 1.31 bits per heavy atom.